The first-order valence-corrected chi connectivity index (χ1v) is 14.8. The largest absolute Gasteiger partial charge is 0.350 e. The summed E-state index contributed by atoms with van der Waals surface area (Å²) in [5.74, 6) is 4.27. The van der Waals surface area contributed by atoms with Crippen LogP contribution in [0.3, 0.4) is 0 Å². The molecule has 14 atom stereocenters. The fourth-order valence-electron chi connectivity index (χ4n) is 13.6. The molecule has 0 amide bonds. The Bertz CT molecular complexity index is 1190. The van der Waals surface area contributed by atoms with Gasteiger partial charge in [-0.3, -0.25) is 0 Å². The minimum Gasteiger partial charge on any atom is -0.350 e. The third kappa shape index (κ3) is 1.59. The van der Waals surface area contributed by atoms with Crippen molar-refractivity contribution in [1.82, 2.24) is 0 Å². The minimum absolute atomic E-state index is 0.120. The van der Waals surface area contributed by atoms with Crippen LogP contribution in [0.15, 0.2) is 34.3 Å². The Kier molecular flexibility index (Phi) is 3.63. The standard InChI is InChI=1S/C29H30Cl4O2/c1-25-17-13-9-14(12-8-6-5-7-11(12)13)18(17)26(25,2)20-16-10-15(19(20)25)21-22(16)28(33)24(31)23(30)27(21,32)29(28,34-3)35-4/h5-8,13-22H,9-10H2,1-4H3/t13-,14+,15-,16+,17-,18+,19+,20-,21-,22+,25-,26+,27-,28+. The van der Waals surface area contributed by atoms with Crippen LogP contribution in [0.2, 0.25) is 0 Å². The van der Waals surface area contributed by atoms with E-state index < -0.39 is 15.5 Å². The SMILES string of the molecule is COC1(OC)[C@@]2(Cl)C(Cl)=C(Cl)[C@]1(Cl)[C@@H]1[C@@H]3C[C@@H]([C@@H]4[C@H]3[C@@]3(C)[C@H]5[C@H]([C@H]6C[C@@H]5c5ccccc56)[C@@]43C)[C@@H]12. The zero-order valence-corrected chi connectivity index (χ0v) is 23.3. The quantitative estimate of drug-likeness (QED) is 0.166. The summed E-state index contributed by atoms with van der Waals surface area (Å²) in [7, 11) is 3.28. The van der Waals surface area contributed by atoms with E-state index in [0.717, 1.165) is 23.7 Å². The number of ether oxygens (including phenoxy) is 2. The molecule has 6 saturated carbocycles. The Morgan fingerprint density at radius 3 is 1.51 bits per heavy atom. The van der Waals surface area contributed by atoms with Crippen molar-refractivity contribution in [2.24, 2.45) is 58.2 Å². The maximum Gasteiger partial charge on any atom is 0.217 e. The molecule has 9 rings (SSSR count). The van der Waals surface area contributed by atoms with Crippen molar-refractivity contribution in [2.75, 3.05) is 14.2 Å². The van der Waals surface area contributed by atoms with Gasteiger partial charge in [-0.25, -0.2) is 0 Å². The Hall–Kier alpha value is 0.0400. The molecule has 0 spiro atoms. The van der Waals surface area contributed by atoms with Crippen molar-refractivity contribution in [3.8, 4) is 0 Å². The molecule has 2 nitrogen and oxygen atoms in total. The van der Waals surface area contributed by atoms with Crippen LogP contribution in [0.1, 0.15) is 49.7 Å². The van der Waals surface area contributed by atoms with Crippen LogP contribution < -0.4 is 0 Å². The van der Waals surface area contributed by atoms with E-state index in [1.165, 1.54) is 12.8 Å². The highest BCUT2D eigenvalue weighted by Crippen LogP contribution is 2.97. The van der Waals surface area contributed by atoms with Gasteiger partial charge >= 0.3 is 0 Å². The number of hydrogen-bond donors (Lipinski definition) is 0. The van der Waals surface area contributed by atoms with Gasteiger partial charge in [0, 0.05) is 14.2 Å². The van der Waals surface area contributed by atoms with Gasteiger partial charge in [-0.2, -0.15) is 0 Å². The van der Waals surface area contributed by atoms with Crippen molar-refractivity contribution in [1.29, 1.82) is 0 Å². The van der Waals surface area contributed by atoms with Gasteiger partial charge in [0.25, 0.3) is 0 Å². The van der Waals surface area contributed by atoms with Crippen molar-refractivity contribution >= 4 is 46.4 Å². The number of alkyl halides is 2. The lowest BCUT2D eigenvalue weighted by Crippen LogP contribution is -2.81. The van der Waals surface area contributed by atoms with Crippen molar-refractivity contribution in [2.45, 2.75) is 54.1 Å². The molecule has 35 heavy (non-hydrogen) atoms. The number of rotatable bonds is 2. The number of fused-ring (bicyclic) bond motifs is 25. The van der Waals surface area contributed by atoms with Gasteiger partial charge in [-0.15, -0.1) is 23.2 Å². The summed E-state index contributed by atoms with van der Waals surface area (Å²) in [6.45, 7) is 5.26. The summed E-state index contributed by atoms with van der Waals surface area (Å²) in [4.78, 5) is -2.09. The molecule has 0 radical (unpaired) electrons. The van der Waals surface area contributed by atoms with Crippen LogP contribution >= 0.6 is 46.4 Å². The highest BCUT2D eigenvalue weighted by atomic mass is 35.5. The van der Waals surface area contributed by atoms with Gasteiger partial charge in [0.1, 0.15) is 9.75 Å². The first-order chi connectivity index (χ1) is 16.6. The van der Waals surface area contributed by atoms with Crippen LogP contribution in [-0.4, -0.2) is 29.8 Å². The summed E-state index contributed by atoms with van der Waals surface area (Å²) < 4.78 is 12.2. The van der Waals surface area contributed by atoms with Crippen molar-refractivity contribution in [3.05, 3.63) is 45.5 Å². The second-order valence-electron chi connectivity index (χ2n) is 13.4. The third-order valence-corrected chi connectivity index (χ3v) is 16.6. The summed E-state index contributed by atoms with van der Waals surface area (Å²) in [6.07, 6.45) is 2.52. The molecule has 1 aromatic rings. The van der Waals surface area contributed by atoms with Gasteiger partial charge in [0.05, 0.1) is 10.1 Å². The molecule has 8 aliphatic rings. The van der Waals surface area contributed by atoms with Crippen molar-refractivity contribution in [3.63, 3.8) is 0 Å². The predicted octanol–water partition coefficient (Wildman–Crippen LogP) is 7.32. The zero-order valence-electron chi connectivity index (χ0n) is 20.3. The normalized spacial score (nSPS) is 62.3. The summed E-state index contributed by atoms with van der Waals surface area (Å²) in [5.41, 5.74) is 3.96. The zero-order chi connectivity index (χ0) is 24.2. The van der Waals surface area contributed by atoms with E-state index in [0.29, 0.717) is 44.6 Å². The summed E-state index contributed by atoms with van der Waals surface area (Å²) >= 11 is 29.1. The molecular formula is C29H30Cl4O2. The molecule has 6 bridgehead atoms. The third-order valence-electron chi connectivity index (χ3n) is 13.9. The van der Waals surface area contributed by atoms with Crippen LogP contribution in [0.25, 0.3) is 0 Å². The van der Waals surface area contributed by atoms with Gasteiger partial charge in [-0.05, 0) is 94.0 Å². The highest BCUT2D eigenvalue weighted by Gasteiger charge is 2.96. The predicted molar refractivity (Wildman–Crippen MR) is 138 cm³/mol. The maximum absolute atomic E-state index is 7.60. The molecule has 0 aromatic heterocycles. The Balaban J connectivity index is 1.21. The minimum atomic E-state index is -1.25. The molecule has 0 N–H and O–H groups in total. The number of hydrogen-bond acceptors (Lipinski definition) is 2. The van der Waals surface area contributed by atoms with Crippen LogP contribution in [0.4, 0.5) is 0 Å². The highest BCUT2D eigenvalue weighted by molar-refractivity contribution is 6.52. The second-order valence-corrected chi connectivity index (χ2v) is 15.4. The fraction of sp³-hybridized carbons (Fsp3) is 0.724. The van der Waals surface area contributed by atoms with E-state index in [4.69, 9.17) is 55.9 Å². The second kappa shape index (κ2) is 5.80. The first kappa shape index (κ1) is 21.9. The Labute approximate surface area is 227 Å². The van der Waals surface area contributed by atoms with Crippen LogP contribution in [-0.2, 0) is 9.47 Å². The molecule has 186 valence electrons. The average molecular weight is 552 g/mol. The van der Waals surface area contributed by atoms with Gasteiger partial charge in [-0.1, -0.05) is 61.3 Å². The van der Waals surface area contributed by atoms with E-state index >= 15 is 0 Å². The lowest BCUT2D eigenvalue weighted by molar-refractivity contribution is -0.370. The Morgan fingerprint density at radius 2 is 1.11 bits per heavy atom. The molecule has 0 unspecified atom stereocenters. The monoisotopic (exact) mass is 550 g/mol. The molecule has 1 aromatic carbocycles. The number of halogens is 4. The topological polar surface area (TPSA) is 18.5 Å². The molecule has 6 heteroatoms. The number of benzene rings is 1. The van der Waals surface area contributed by atoms with Gasteiger partial charge < -0.3 is 9.47 Å². The molecule has 8 aliphatic carbocycles. The molecule has 6 fully saturated rings. The molecule has 0 heterocycles. The van der Waals surface area contributed by atoms with Crippen LogP contribution in [0.5, 0.6) is 0 Å². The fourth-order valence-corrected chi connectivity index (χ4v) is 15.9. The lowest BCUT2D eigenvalue weighted by atomic mass is 9.19. The smallest absolute Gasteiger partial charge is 0.217 e. The molecular weight excluding hydrogens is 522 g/mol. The number of methoxy groups -OCH3 is 2. The summed E-state index contributed by atoms with van der Waals surface area (Å²) in [6, 6.07) is 9.28. The Morgan fingerprint density at radius 1 is 0.686 bits per heavy atom. The van der Waals surface area contributed by atoms with E-state index in [2.05, 4.69) is 38.1 Å². The first-order valence-electron chi connectivity index (χ1n) is 13.3. The lowest BCUT2D eigenvalue weighted by Gasteiger charge is -2.85. The van der Waals surface area contributed by atoms with E-state index in [1.54, 1.807) is 25.3 Å². The van der Waals surface area contributed by atoms with Gasteiger partial charge in [0.15, 0.2) is 0 Å². The maximum atomic E-state index is 7.60. The summed E-state index contributed by atoms with van der Waals surface area (Å²) in [5, 5.41) is 0.884. The molecule has 0 saturated heterocycles. The van der Waals surface area contributed by atoms with Gasteiger partial charge in [0.2, 0.25) is 5.79 Å². The van der Waals surface area contributed by atoms with Crippen molar-refractivity contribution < 1.29 is 9.47 Å². The van der Waals surface area contributed by atoms with E-state index in [-0.39, 0.29) is 11.8 Å². The average Bonchev–Trinajstić information content (AvgIpc) is 3.66. The van der Waals surface area contributed by atoms with E-state index in [9.17, 15) is 0 Å². The van der Waals surface area contributed by atoms with E-state index in [1.807, 2.05) is 0 Å². The molecule has 0 aliphatic heterocycles. The van der Waals surface area contributed by atoms with Crippen LogP contribution in [0, 0.1) is 58.2 Å².